The van der Waals surface area contributed by atoms with Crippen LogP contribution in [0.25, 0.3) is 179 Å². The summed E-state index contributed by atoms with van der Waals surface area (Å²) >= 11 is 0. The first-order valence-corrected chi connectivity index (χ1v) is 26.0. The van der Waals surface area contributed by atoms with Crippen LogP contribution in [0.1, 0.15) is 0 Å². The average molecular weight is 1130 g/mol. The van der Waals surface area contributed by atoms with Crippen LogP contribution in [0.15, 0.2) is 194 Å². The van der Waals surface area contributed by atoms with E-state index in [-0.39, 0.29) is 19.5 Å². The second-order valence-corrected chi connectivity index (χ2v) is 19.6. The normalized spacial score (nSPS) is 11.9. The van der Waals surface area contributed by atoms with Crippen LogP contribution >= 0.6 is 0 Å². The maximum absolute atomic E-state index is 5.02. The van der Waals surface area contributed by atoms with Crippen molar-refractivity contribution < 1.29 is 19.5 Å². The molecule has 17 heteroatoms. The fraction of sp³-hybridized carbons (Fsp3) is 0. The van der Waals surface area contributed by atoms with Gasteiger partial charge in [-0.2, -0.15) is 0 Å². The van der Waals surface area contributed by atoms with Crippen LogP contribution in [0.4, 0.5) is 0 Å². The Labute approximate surface area is 470 Å². The van der Waals surface area contributed by atoms with Crippen molar-refractivity contribution in [1.29, 1.82) is 0 Å². The van der Waals surface area contributed by atoms with E-state index in [9.17, 15) is 0 Å². The third-order valence-corrected chi connectivity index (χ3v) is 14.9. The van der Waals surface area contributed by atoms with Crippen molar-refractivity contribution in [2.75, 3.05) is 0 Å². The van der Waals surface area contributed by atoms with E-state index >= 15 is 0 Å². The number of aromatic nitrogens is 16. The molecule has 0 fully saturated rings. The molecule has 0 aliphatic carbocycles. The van der Waals surface area contributed by atoms with E-state index in [1.54, 1.807) is 0 Å². The molecule has 81 heavy (non-hydrogen) atoms. The van der Waals surface area contributed by atoms with Gasteiger partial charge in [-0.1, -0.05) is 194 Å². The molecule has 8 aromatic carbocycles. The number of H-pyrrole nitrogens is 4. The molecule has 0 atom stereocenters. The first kappa shape index (κ1) is 46.2. The van der Waals surface area contributed by atoms with Crippen molar-refractivity contribution in [3.05, 3.63) is 194 Å². The Morgan fingerprint density at radius 1 is 0.160 bits per heavy atom. The molecule has 0 radical (unpaired) electrons. The number of fused-ring (bicyclic) bond motifs is 40. The van der Waals surface area contributed by atoms with Gasteiger partial charge < -0.3 is 19.9 Å². The predicted octanol–water partition coefficient (Wildman–Crippen LogP) is 13.7. The van der Waals surface area contributed by atoms with Gasteiger partial charge in [-0.15, -0.1) is 0 Å². The molecular formula is C64H36N16Ru. The van der Waals surface area contributed by atoms with Gasteiger partial charge >= 0.3 is 0 Å². The van der Waals surface area contributed by atoms with Gasteiger partial charge in [0.25, 0.3) is 0 Å². The average Bonchev–Trinajstić information content (AvgIpc) is 4.53. The molecule has 4 aliphatic rings. The smallest absolute Gasteiger partial charge is 0.164 e. The molecule has 0 spiro atoms. The summed E-state index contributed by atoms with van der Waals surface area (Å²) in [5, 5.41) is 7.64. The molecule has 6 aromatic heterocycles. The summed E-state index contributed by atoms with van der Waals surface area (Å²) in [6.07, 6.45) is 0. The number of hydrogen-bond donors (Lipinski definition) is 4. The third kappa shape index (κ3) is 7.40. The number of nitrogens with one attached hydrogen (secondary N) is 4. The van der Waals surface area contributed by atoms with Crippen molar-refractivity contribution in [1.82, 2.24) is 79.7 Å². The summed E-state index contributed by atoms with van der Waals surface area (Å²) in [6.45, 7) is 0. The van der Waals surface area contributed by atoms with Crippen LogP contribution < -0.4 is 0 Å². The quantitative estimate of drug-likeness (QED) is 0.104. The summed E-state index contributed by atoms with van der Waals surface area (Å²) in [4.78, 5) is 73.5. The van der Waals surface area contributed by atoms with Crippen molar-refractivity contribution in [2.45, 2.75) is 0 Å². The molecule has 16 bridgehead atoms. The van der Waals surface area contributed by atoms with E-state index in [1.807, 2.05) is 194 Å². The third-order valence-electron chi connectivity index (χ3n) is 14.9. The van der Waals surface area contributed by atoms with Crippen LogP contribution in [-0.4, -0.2) is 79.7 Å². The Morgan fingerprint density at radius 2 is 0.284 bits per heavy atom. The van der Waals surface area contributed by atoms with Gasteiger partial charge in [-0.05, 0) is 0 Å². The zero-order chi connectivity index (χ0) is 52.4. The van der Waals surface area contributed by atoms with Crippen LogP contribution in [0.5, 0.6) is 0 Å². The SMILES string of the molecule is [Ru].c1ccc2c(c1)-c1nc-2nc2[nH]c(nc3nc(nc4[nH]c(n1)c1ccccc41)-c1ccccc1-3)c1ccccc21.c1ccc2c(c1)-c1nc-2nc2[nH]c(nc3nc(nc4[nH]c(n1)c1ccccc41)-c1ccccc1-3)c1ccccc21. The van der Waals surface area contributed by atoms with Gasteiger partial charge in [0.05, 0.1) is 0 Å². The topological polar surface area (TPSA) is 218 Å². The zero-order valence-corrected chi connectivity index (χ0v) is 43.9. The Bertz CT molecular complexity index is 4390. The number of hydrogen-bond acceptors (Lipinski definition) is 12. The summed E-state index contributed by atoms with van der Waals surface area (Å²) in [5.74, 6) is 4.78. The van der Waals surface area contributed by atoms with Gasteiger partial charge in [0.15, 0.2) is 46.6 Å². The molecule has 0 unspecified atom stereocenters. The number of rotatable bonds is 0. The molecule has 0 amide bonds. The summed E-state index contributed by atoms with van der Waals surface area (Å²) in [7, 11) is 0. The molecule has 380 valence electrons. The number of nitrogens with zero attached hydrogens (tertiary/aromatic N) is 12. The van der Waals surface area contributed by atoms with Crippen LogP contribution in [-0.2, 0) is 19.5 Å². The first-order valence-electron chi connectivity index (χ1n) is 26.0. The Morgan fingerprint density at radius 3 is 0.420 bits per heavy atom. The molecule has 16 nitrogen and oxygen atoms in total. The van der Waals surface area contributed by atoms with Crippen LogP contribution in [0, 0.1) is 0 Å². The van der Waals surface area contributed by atoms with E-state index in [4.69, 9.17) is 59.8 Å². The minimum atomic E-state index is 0. The number of benzene rings is 8. The van der Waals surface area contributed by atoms with Crippen LogP contribution in [0.2, 0.25) is 0 Å². The zero-order valence-electron chi connectivity index (χ0n) is 42.2. The predicted molar refractivity (Wildman–Crippen MR) is 312 cm³/mol. The van der Waals surface area contributed by atoms with Crippen molar-refractivity contribution >= 4 is 88.3 Å². The maximum Gasteiger partial charge on any atom is 0.164 e. The van der Waals surface area contributed by atoms with E-state index in [2.05, 4.69) is 19.9 Å². The Balaban J connectivity index is 0.000000132. The fourth-order valence-electron chi connectivity index (χ4n) is 11.2. The summed E-state index contributed by atoms with van der Waals surface area (Å²) in [6, 6.07) is 64.5. The maximum atomic E-state index is 5.02. The Kier molecular flexibility index (Phi) is 10.3. The second-order valence-electron chi connectivity index (χ2n) is 19.6. The summed E-state index contributed by atoms with van der Waals surface area (Å²) in [5.41, 5.74) is 12.9. The minimum Gasteiger partial charge on any atom is -0.324 e. The van der Waals surface area contributed by atoms with E-state index in [0.29, 0.717) is 91.8 Å². The molecule has 10 heterocycles. The van der Waals surface area contributed by atoms with Gasteiger partial charge in [0.2, 0.25) is 0 Å². The van der Waals surface area contributed by atoms with Crippen LogP contribution in [0.3, 0.4) is 0 Å². The summed E-state index contributed by atoms with van der Waals surface area (Å²) < 4.78 is 0. The van der Waals surface area contributed by atoms with E-state index in [1.165, 1.54) is 0 Å². The molecule has 4 N–H and O–H groups in total. The first-order chi connectivity index (χ1) is 39.6. The van der Waals surface area contributed by atoms with Gasteiger partial charge in [0, 0.05) is 107 Å². The van der Waals surface area contributed by atoms with Crippen molar-refractivity contribution in [2.24, 2.45) is 0 Å². The molecule has 4 aliphatic heterocycles. The molecule has 0 saturated heterocycles. The van der Waals surface area contributed by atoms with Gasteiger partial charge in [-0.3, -0.25) is 0 Å². The van der Waals surface area contributed by atoms with Crippen molar-refractivity contribution in [3.8, 4) is 91.1 Å². The molecule has 14 aromatic rings. The minimum absolute atomic E-state index is 0. The Hall–Kier alpha value is -10.9. The van der Waals surface area contributed by atoms with Gasteiger partial charge in [-0.25, -0.2) is 59.8 Å². The standard InChI is InChI=1S/2C32H18N8.Ru/c2*1-2-10-18-17(9-1)25-33-26(18)38-28-21-13-5-6-14-22(21)30(35-28)40-32-24-16-8-7-15-23(24)31(36-32)39-29-20-12-4-3-11-19(20)27(34-29)37-25;/h2*1-16H,(H2,33,34,35,36,37,38,39,40);. The van der Waals surface area contributed by atoms with Gasteiger partial charge in [0.1, 0.15) is 45.2 Å². The molecule has 0 saturated carbocycles. The fourth-order valence-corrected chi connectivity index (χ4v) is 11.2. The number of aromatic amines is 4. The second kappa shape index (κ2) is 18.1. The largest absolute Gasteiger partial charge is 0.324 e. The van der Waals surface area contributed by atoms with E-state index < -0.39 is 0 Å². The molecular weight excluding hydrogens is 1090 g/mol. The monoisotopic (exact) mass is 1130 g/mol. The molecule has 18 rings (SSSR count). The van der Waals surface area contributed by atoms with E-state index in [0.717, 1.165) is 87.6 Å². The van der Waals surface area contributed by atoms with Crippen molar-refractivity contribution in [3.63, 3.8) is 0 Å².